The fraction of sp³-hybridized carbons (Fsp3) is 0.375. The first-order valence-corrected chi connectivity index (χ1v) is 6.71. The molecule has 1 aromatic carbocycles. The molecule has 0 unspecified atom stereocenters. The quantitative estimate of drug-likeness (QED) is 0.772. The van der Waals surface area contributed by atoms with Gasteiger partial charge in [-0.1, -0.05) is 26.0 Å². The molecule has 3 nitrogen and oxygen atoms in total. The molecule has 1 heterocycles. The third-order valence-electron chi connectivity index (χ3n) is 2.95. The highest BCUT2D eigenvalue weighted by Crippen LogP contribution is 2.19. The fourth-order valence-corrected chi connectivity index (χ4v) is 1.83. The molecule has 0 radical (unpaired) electrons. The molecule has 2 aromatic rings. The highest BCUT2D eigenvalue weighted by atomic mass is 16.5. The van der Waals surface area contributed by atoms with Crippen molar-refractivity contribution in [2.75, 3.05) is 13.2 Å². The average molecular weight is 259 g/mol. The standard InChI is InChI=1S/C16H21NO2/c1-13(2)14-5-3-6-15(11-14)19-10-8-17-12-16-7-4-9-18-16/h3-7,9,11,13,17H,8,10,12H2,1-2H3. The lowest BCUT2D eigenvalue weighted by Gasteiger charge is -2.10. The van der Waals surface area contributed by atoms with Gasteiger partial charge in [0.25, 0.3) is 0 Å². The van der Waals surface area contributed by atoms with E-state index in [9.17, 15) is 0 Å². The van der Waals surface area contributed by atoms with Crippen LogP contribution in [-0.2, 0) is 6.54 Å². The lowest BCUT2D eigenvalue weighted by atomic mass is 10.0. The van der Waals surface area contributed by atoms with Crippen LogP contribution in [0.3, 0.4) is 0 Å². The van der Waals surface area contributed by atoms with Crippen LogP contribution in [0, 0.1) is 0 Å². The van der Waals surface area contributed by atoms with Gasteiger partial charge in [-0.3, -0.25) is 0 Å². The van der Waals surface area contributed by atoms with Gasteiger partial charge in [-0.05, 0) is 35.7 Å². The predicted molar refractivity (Wildman–Crippen MR) is 76.4 cm³/mol. The lowest BCUT2D eigenvalue weighted by molar-refractivity contribution is 0.310. The molecule has 0 spiro atoms. The van der Waals surface area contributed by atoms with Crippen molar-refractivity contribution >= 4 is 0 Å². The van der Waals surface area contributed by atoms with Crippen LogP contribution in [0.4, 0.5) is 0 Å². The topological polar surface area (TPSA) is 34.4 Å². The zero-order chi connectivity index (χ0) is 13.5. The van der Waals surface area contributed by atoms with Gasteiger partial charge in [0.1, 0.15) is 18.1 Å². The fourth-order valence-electron chi connectivity index (χ4n) is 1.83. The largest absolute Gasteiger partial charge is 0.492 e. The molecule has 19 heavy (non-hydrogen) atoms. The van der Waals surface area contributed by atoms with Crippen molar-refractivity contribution in [1.82, 2.24) is 5.32 Å². The Morgan fingerprint density at radius 2 is 2.11 bits per heavy atom. The SMILES string of the molecule is CC(C)c1cccc(OCCNCc2ccco2)c1. The monoisotopic (exact) mass is 259 g/mol. The highest BCUT2D eigenvalue weighted by molar-refractivity contribution is 5.30. The third-order valence-corrected chi connectivity index (χ3v) is 2.95. The number of furan rings is 1. The molecule has 1 N–H and O–H groups in total. The van der Waals surface area contributed by atoms with E-state index in [1.165, 1.54) is 5.56 Å². The van der Waals surface area contributed by atoms with Crippen LogP contribution < -0.4 is 10.1 Å². The number of nitrogens with one attached hydrogen (secondary N) is 1. The summed E-state index contributed by atoms with van der Waals surface area (Å²) >= 11 is 0. The van der Waals surface area contributed by atoms with E-state index in [0.29, 0.717) is 12.5 Å². The zero-order valence-corrected chi connectivity index (χ0v) is 11.6. The van der Waals surface area contributed by atoms with E-state index in [1.807, 2.05) is 24.3 Å². The van der Waals surface area contributed by atoms with Gasteiger partial charge in [0, 0.05) is 6.54 Å². The molecule has 0 bridgehead atoms. The number of benzene rings is 1. The Labute approximate surface area is 114 Å². The van der Waals surface area contributed by atoms with Crippen molar-refractivity contribution in [2.24, 2.45) is 0 Å². The molecule has 0 aliphatic rings. The summed E-state index contributed by atoms with van der Waals surface area (Å²) in [5.74, 6) is 2.41. The smallest absolute Gasteiger partial charge is 0.119 e. The van der Waals surface area contributed by atoms with E-state index < -0.39 is 0 Å². The number of rotatable bonds is 7. The van der Waals surface area contributed by atoms with Gasteiger partial charge in [-0.2, -0.15) is 0 Å². The summed E-state index contributed by atoms with van der Waals surface area (Å²) in [7, 11) is 0. The second-order valence-electron chi connectivity index (χ2n) is 4.83. The van der Waals surface area contributed by atoms with Gasteiger partial charge in [-0.15, -0.1) is 0 Å². The van der Waals surface area contributed by atoms with E-state index >= 15 is 0 Å². The molecule has 1 aromatic heterocycles. The minimum atomic E-state index is 0.528. The summed E-state index contributed by atoms with van der Waals surface area (Å²) in [6, 6.07) is 12.1. The van der Waals surface area contributed by atoms with Crippen molar-refractivity contribution < 1.29 is 9.15 Å². The van der Waals surface area contributed by atoms with Crippen LogP contribution in [0.1, 0.15) is 31.1 Å². The van der Waals surface area contributed by atoms with Crippen LogP contribution in [0.5, 0.6) is 5.75 Å². The summed E-state index contributed by atoms with van der Waals surface area (Å²) < 4.78 is 11.0. The Kier molecular flexibility index (Phi) is 5.04. The Balaban J connectivity index is 1.69. The summed E-state index contributed by atoms with van der Waals surface area (Å²) in [5.41, 5.74) is 1.31. The molecule has 0 aliphatic heterocycles. The van der Waals surface area contributed by atoms with Crippen LogP contribution in [0.25, 0.3) is 0 Å². The molecule has 0 atom stereocenters. The molecule has 102 valence electrons. The number of hydrogen-bond donors (Lipinski definition) is 1. The molecule has 0 amide bonds. The van der Waals surface area contributed by atoms with Crippen molar-refractivity contribution in [3.8, 4) is 5.75 Å². The minimum absolute atomic E-state index is 0.528. The van der Waals surface area contributed by atoms with E-state index in [2.05, 4.69) is 31.3 Å². The average Bonchev–Trinajstić information content (AvgIpc) is 2.92. The van der Waals surface area contributed by atoms with E-state index in [-0.39, 0.29) is 0 Å². The van der Waals surface area contributed by atoms with Crippen LogP contribution >= 0.6 is 0 Å². The molecule has 0 saturated carbocycles. The van der Waals surface area contributed by atoms with Crippen molar-refractivity contribution in [3.05, 3.63) is 54.0 Å². The van der Waals surface area contributed by atoms with Gasteiger partial charge in [0.15, 0.2) is 0 Å². The van der Waals surface area contributed by atoms with E-state index in [4.69, 9.17) is 9.15 Å². The minimum Gasteiger partial charge on any atom is -0.492 e. The molecular formula is C16H21NO2. The van der Waals surface area contributed by atoms with Gasteiger partial charge >= 0.3 is 0 Å². The molecule has 2 rings (SSSR count). The maximum absolute atomic E-state index is 5.72. The maximum Gasteiger partial charge on any atom is 0.119 e. The van der Waals surface area contributed by atoms with E-state index in [1.54, 1.807) is 6.26 Å². The van der Waals surface area contributed by atoms with Gasteiger partial charge < -0.3 is 14.5 Å². The summed E-state index contributed by atoms with van der Waals surface area (Å²) in [6.45, 7) is 6.56. The Morgan fingerprint density at radius 1 is 1.21 bits per heavy atom. The van der Waals surface area contributed by atoms with Crippen molar-refractivity contribution in [1.29, 1.82) is 0 Å². The summed E-state index contributed by atoms with van der Waals surface area (Å²) in [5, 5.41) is 3.28. The summed E-state index contributed by atoms with van der Waals surface area (Å²) in [6.07, 6.45) is 1.69. The normalized spacial score (nSPS) is 10.9. The molecule has 0 aliphatic carbocycles. The van der Waals surface area contributed by atoms with Crippen LogP contribution in [-0.4, -0.2) is 13.2 Å². The van der Waals surface area contributed by atoms with Gasteiger partial charge in [-0.25, -0.2) is 0 Å². The lowest BCUT2D eigenvalue weighted by Crippen LogP contribution is -2.20. The third kappa shape index (κ3) is 4.45. The summed E-state index contributed by atoms with van der Waals surface area (Å²) in [4.78, 5) is 0. The number of ether oxygens (including phenoxy) is 1. The Morgan fingerprint density at radius 3 is 2.84 bits per heavy atom. The second-order valence-corrected chi connectivity index (χ2v) is 4.83. The molecule has 0 saturated heterocycles. The second kappa shape index (κ2) is 7.00. The van der Waals surface area contributed by atoms with Gasteiger partial charge in [0.2, 0.25) is 0 Å². The van der Waals surface area contributed by atoms with Crippen molar-refractivity contribution in [2.45, 2.75) is 26.3 Å². The molecular weight excluding hydrogens is 238 g/mol. The van der Waals surface area contributed by atoms with E-state index in [0.717, 1.165) is 24.6 Å². The number of hydrogen-bond acceptors (Lipinski definition) is 3. The Hall–Kier alpha value is -1.74. The molecule has 3 heteroatoms. The van der Waals surface area contributed by atoms with Crippen LogP contribution in [0.2, 0.25) is 0 Å². The Bertz CT molecular complexity index is 477. The van der Waals surface area contributed by atoms with Crippen LogP contribution in [0.15, 0.2) is 47.1 Å². The maximum atomic E-state index is 5.72. The molecule has 0 fully saturated rings. The predicted octanol–water partition coefficient (Wildman–Crippen LogP) is 3.57. The van der Waals surface area contributed by atoms with Gasteiger partial charge in [0.05, 0.1) is 12.8 Å². The highest BCUT2D eigenvalue weighted by Gasteiger charge is 2.01. The first kappa shape index (κ1) is 13.7. The first-order chi connectivity index (χ1) is 9.25. The zero-order valence-electron chi connectivity index (χ0n) is 11.6. The van der Waals surface area contributed by atoms with Crippen molar-refractivity contribution in [3.63, 3.8) is 0 Å². The first-order valence-electron chi connectivity index (χ1n) is 6.71.